The summed E-state index contributed by atoms with van der Waals surface area (Å²) < 4.78 is 5.39. The van der Waals surface area contributed by atoms with Crippen LogP contribution in [-0.2, 0) is 0 Å². The van der Waals surface area contributed by atoms with Crippen molar-refractivity contribution < 1.29 is 14.6 Å². The van der Waals surface area contributed by atoms with Gasteiger partial charge in [-0.25, -0.2) is 0 Å². The van der Waals surface area contributed by atoms with Crippen LogP contribution in [0.5, 0.6) is 11.5 Å². The molecule has 2 N–H and O–H groups in total. The SMILES string of the molecule is CNCC(=O)c1cc(Br)c(O)c(OC)c1. The Balaban J connectivity index is 3.10. The van der Waals surface area contributed by atoms with Crippen LogP contribution in [0.15, 0.2) is 16.6 Å². The van der Waals surface area contributed by atoms with E-state index in [1.54, 1.807) is 13.1 Å². The standard InChI is InChI=1S/C10H12BrNO3/c1-12-5-8(13)6-3-7(11)10(14)9(4-6)15-2/h3-4,12,14H,5H2,1-2H3. The first kappa shape index (κ1) is 12.0. The van der Waals surface area contributed by atoms with Crippen molar-refractivity contribution in [3.05, 3.63) is 22.2 Å². The van der Waals surface area contributed by atoms with Crippen LogP contribution in [0.1, 0.15) is 10.4 Å². The summed E-state index contributed by atoms with van der Waals surface area (Å²) in [6, 6.07) is 3.08. The second-order valence-electron chi connectivity index (χ2n) is 2.96. The van der Waals surface area contributed by atoms with Crippen molar-refractivity contribution in [3.8, 4) is 11.5 Å². The number of ketones is 1. The quantitative estimate of drug-likeness (QED) is 0.818. The summed E-state index contributed by atoms with van der Waals surface area (Å²) >= 11 is 3.15. The summed E-state index contributed by atoms with van der Waals surface area (Å²) in [6.45, 7) is 0.250. The smallest absolute Gasteiger partial charge is 0.176 e. The van der Waals surface area contributed by atoms with Crippen LogP contribution in [0, 0.1) is 0 Å². The molecule has 5 heteroatoms. The Labute approximate surface area is 96.4 Å². The van der Waals surface area contributed by atoms with E-state index in [9.17, 15) is 9.90 Å². The number of phenols is 1. The fourth-order valence-electron chi connectivity index (χ4n) is 1.15. The molecule has 0 radical (unpaired) electrons. The molecule has 0 amide bonds. The van der Waals surface area contributed by atoms with Gasteiger partial charge < -0.3 is 15.2 Å². The van der Waals surface area contributed by atoms with Crippen molar-refractivity contribution in [2.45, 2.75) is 0 Å². The van der Waals surface area contributed by atoms with Crippen molar-refractivity contribution >= 4 is 21.7 Å². The molecule has 0 aliphatic rings. The van der Waals surface area contributed by atoms with Gasteiger partial charge in [-0.1, -0.05) is 0 Å². The minimum atomic E-state index is -0.0588. The average Bonchev–Trinajstić information content (AvgIpc) is 2.22. The van der Waals surface area contributed by atoms with Crippen molar-refractivity contribution in [1.29, 1.82) is 0 Å². The van der Waals surface area contributed by atoms with E-state index >= 15 is 0 Å². The minimum Gasteiger partial charge on any atom is -0.503 e. The second-order valence-corrected chi connectivity index (χ2v) is 3.82. The maximum atomic E-state index is 11.6. The summed E-state index contributed by atoms with van der Waals surface area (Å²) in [7, 11) is 3.14. The molecule has 4 nitrogen and oxygen atoms in total. The van der Waals surface area contributed by atoms with Gasteiger partial charge in [-0.2, -0.15) is 0 Å². The molecule has 0 saturated carbocycles. The number of carbonyl (C=O) groups excluding carboxylic acids is 1. The van der Waals surface area contributed by atoms with Gasteiger partial charge in [0, 0.05) is 5.56 Å². The number of hydrogen-bond acceptors (Lipinski definition) is 4. The number of carbonyl (C=O) groups is 1. The van der Waals surface area contributed by atoms with Crippen LogP contribution < -0.4 is 10.1 Å². The van der Waals surface area contributed by atoms with Crippen molar-refractivity contribution in [2.24, 2.45) is 0 Å². The topological polar surface area (TPSA) is 58.6 Å². The number of aromatic hydroxyl groups is 1. The van der Waals surface area contributed by atoms with E-state index in [1.807, 2.05) is 0 Å². The van der Waals surface area contributed by atoms with E-state index < -0.39 is 0 Å². The zero-order valence-electron chi connectivity index (χ0n) is 8.50. The fraction of sp³-hybridized carbons (Fsp3) is 0.300. The summed E-state index contributed by atoms with van der Waals surface area (Å²) in [5, 5.41) is 12.3. The number of Topliss-reactive ketones (excluding diaryl/α,β-unsaturated/α-hetero) is 1. The van der Waals surface area contributed by atoms with E-state index in [0.717, 1.165) is 0 Å². The van der Waals surface area contributed by atoms with Gasteiger partial charge in [0.15, 0.2) is 17.3 Å². The van der Waals surface area contributed by atoms with Crippen LogP contribution >= 0.6 is 15.9 Å². The number of rotatable bonds is 4. The number of nitrogens with one attached hydrogen (secondary N) is 1. The lowest BCUT2D eigenvalue weighted by Crippen LogP contribution is -2.18. The molecule has 0 unspecified atom stereocenters. The molecule has 0 aromatic heterocycles. The molecule has 0 heterocycles. The number of benzene rings is 1. The molecule has 0 fully saturated rings. The predicted molar refractivity (Wildman–Crippen MR) is 60.6 cm³/mol. The van der Waals surface area contributed by atoms with Crippen molar-refractivity contribution in [3.63, 3.8) is 0 Å². The highest BCUT2D eigenvalue weighted by molar-refractivity contribution is 9.10. The highest BCUT2D eigenvalue weighted by atomic mass is 79.9. The highest BCUT2D eigenvalue weighted by Gasteiger charge is 2.12. The van der Waals surface area contributed by atoms with E-state index in [-0.39, 0.29) is 23.8 Å². The Morgan fingerprint density at radius 1 is 1.60 bits per heavy atom. The Bertz CT molecular complexity index is 379. The van der Waals surface area contributed by atoms with E-state index in [1.165, 1.54) is 13.2 Å². The summed E-state index contributed by atoms with van der Waals surface area (Å²) in [6.07, 6.45) is 0. The molecule has 15 heavy (non-hydrogen) atoms. The largest absolute Gasteiger partial charge is 0.503 e. The molecular weight excluding hydrogens is 262 g/mol. The van der Waals surface area contributed by atoms with Gasteiger partial charge in [-0.3, -0.25) is 4.79 Å². The highest BCUT2D eigenvalue weighted by Crippen LogP contribution is 2.35. The van der Waals surface area contributed by atoms with E-state index in [2.05, 4.69) is 21.2 Å². The molecule has 0 saturated heterocycles. The summed E-state index contributed by atoms with van der Waals surface area (Å²) in [4.78, 5) is 11.6. The van der Waals surface area contributed by atoms with Gasteiger partial charge in [0.2, 0.25) is 0 Å². The van der Waals surface area contributed by atoms with Gasteiger partial charge in [-0.05, 0) is 35.1 Å². The number of phenolic OH excluding ortho intramolecular Hbond substituents is 1. The fourth-order valence-corrected chi connectivity index (χ4v) is 1.60. The zero-order chi connectivity index (χ0) is 11.4. The average molecular weight is 274 g/mol. The first-order valence-corrected chi connectivity index (χ1v) is 5.13. The Kier molecular flexibility index (Phi) is 4.11. The zero-order valence-corrected chi connectivity index (χ0v) is 10.1. The summed E-state index contributed by atoms with van der Waals surface area (Å²) in [5.74, 6) is 0.221. The third-order valence-electron chi connectivity index (χ3n) is 1.91. The van der Waals surface area contributed by atoms with Crippen molar-refractivity contribution in [1.82, 2.24) is 5.32 Å². The molecule has 0 aliphatic heterocycles. The van der Waals surface area contributed by atoms with Crippen molar-refractivity contribution in [2.75, 3.05) is 20.7 Å². The molecule has 82 valence electrons. The third-order valence-corrected chi connectivity index (χ3v) is 2.51. The van der Waals surface area contributed by atoms with Gasteiger partial charge in [0.1, 0.15) is 0 Å². The Morgan fingerprint density at radius 3 is 2.80 bits per heavy atom. The monoisotopic (exact) mass is 273 g/mol. The molecule has 1 aromatic rings. The first-order valence-electron chi connectivity index (χ1n) is 4.34. The van der Waals surface area contributed by atoms with Gasteiger partial charge in [0.25, 0.3) is 0 Å². The number of likely N-dealkylation sites (N-methyl/N-ethyl adjacent to an activating group) is 1. The normalized spacial score (nSPS) is 10.1. The lowest BCUT2D eigenvalue weighted by atomic mass is 10.1. The second kappa shape index (κ2) is 5.14. The van der Waals surface area contributed by atoms with Gasteiger partial charge >= 0.3 is 0 Å². The number of methoxy groups -OCH3 is 1. The van der Waals surface area contributed by atoms with E-state index in [0.29, 0.717) is 10.0 Å². The lowest BCUT2D eigenvalue weighted by molar-refractivity contribution is 0.0993. The van der Waals surface area contributed by atoms with Gasteiger partial charge in [-0.15, -0.1) is 0 Å². The van der Waals surface area contributed by atoms with Crippen LogP contribution in [0.2, 0.25) is 0 Å². The Hall–Kier alpha value is -1.07. The van der Waals surface area contributed by atoms with Crippen LogP contribution in [-0.4, -0.2) is 31.6 Å². The molecule has 0 bridgehead atoms. The predicted octanol–water partition coefficient (Wildman–Crippen LogP) is 1.57. The molecule has 1 aromatic carbocycles. The lowest BCUT2D eigenvalue weighted by Gasteiger charge is -2.08. The Morgan fingerprint density at radius 2 is 2.27 bits per heavy atom. The molecule has 1 rings (SSSR count). The molecular formula is C10H12BrNO3. The number of ether oxygens (including phenoxy) is 1. The molecule has 0 spiro atoms. The van der Waals surface area contributed by atoms with Crippen LogP contribution in [0.3, 0.4) is 0 Å². The minimum absolute atomic E-state index is 0.00138. The van der Waals surface area contributed by atoms with Gasteiger partial charge in [0.05, 0.1) is 18.1 Å². The van der Waals surface area contributed by atoms with E-state index in [4.69, 9.17) is 4.74 Å². The van der Waals surface area contributed by atoms with Crippen LogP contribution in [0.25, 0.3) is 0 Å². The maximum Gasteiger partial charge on any atom is 0.176 e. The number of halogens is 1. The van der Waals surface area contributed by atoms with Crippen LogP contribution in [0.4, 0.5) is 0 Å². The molecule has 0 atom stereocenters. The third kappa shape index (κ3) is 2.70. The number of hydrogen-bond donors (Lipinski definition) is 2. The first-order chi connectivity index (χ1) is 7.10. The molecule has 0 aliphatic carbocycles. The summed E-state index contributed by atoms with van der Waals surface area (Å²) in [5.41, 5.74) is 0.492. The maximum absolute atomic E-state index is 11.6.